The van der Waals surface area contributed by atoms with Crippen LogP contribution in [0.25, 0.3) is 0 Å². The summed E-state index contributed by atoms with van der Waals surface area (Å²) in [6.07, 6.45) is 4.24. The predicted octanol–water partition coefficient (Wildman–Crippen LogP) is 3.99. The number of unbranched alkanes of at least 4 members (excludes halogenated alkanes) is 2. The maximum Gasteiger partial charge on any atom is 0.308 e. The highest BCUT2D eigenvalue weighted by molar-refractivity contribution is 5.70. The lowest BCUT2D eigenvalue weighted by atomic mass is 9.57. The van der Waals surface area contributed by atoms with Gasteiger partial charge < -0.3 is 33.9 Å². The Hall–Kier alpha value is -0.850. The quantitative estimate of drug-likeness (QED) is 0.226. The Morgan fingerprint density at radius 2 is 1.80 bits per heavy atom. The third-order valence-electron chi connectivity index (χ3n) is 10.2. The van der Waals surface area contributed by atoms with Gasteiger partial charge in [0.25, 0.3) is 0 Å². The molecule has 10 heteroatoms. The van der Waals surface area contributed by atoms with E-state index in [1.54, 1.807) is 6.92 Å². The van der Waals surface area contributed by atoms with Crippen LogP contribution in [0.5, 0.6) is 0 Å². The molecule has 13 atom stereocenters. The monoisotopic (exact) mass is 570 g/mol. The van der Waals surface area contributed by atoms with Gasteiger partial charge in [-0.1, -0.05) is 20.3 Å². The number of carbonyl (C=O) groups excluding carboxylic acids is 1. The Morgan fingerprint density at radius 1 is 1.00 bits per heavy atom. The average molecular weight is 571 g/mol. The van der Waals surface area contributed by atoms with Gasteiger partial charge in [0.1, 0.15) is 6.10 Å². The van der Waals surface area contributed by atoms with Crippen molar-refractivity contribution in [2.24, 2.45) is 23.7 Å². The van der Waals surface area contributed by atoms with Crippen molar-refractivity contribution in [2.45, 2.75) is 153 Å². The number of hydrogen-bond donors (Lipinski definition) is 2. The van der Waals surface area contributed by atoms with Crippen LogP contribution in [0.15, 0.2) is 0 Å². The van der Waals surface area contributed by atoms with Crippen LogP contribution in [0.2, 0.25) is 0 Å². The van der Waals surface area contributed by atoms with Crippen molar-refractivity contribution in [3.8, 4) is 0 Å². The second-order valence-electron chi connectivity index (χ2n) is 13.2. The molecular formula is C30H50O10. The van der Waals surface area contributed by atoms with Crippen molar-refractivity contribution in [2.75, 3.05) is 6.61 Å². The Kier molecular flexibility index (Phi) is 9.49. The van der Waals surface area contributed by atoms with Gasteiger partial charge in [-0.3, -0.25) is 4.79 Å². The number of esters is 1. The van der Waals surface area contributed by atoms with Crippen LogP contribution in [-0.4, -0.2) is 77.3 Å². The lowest BCUT2D eigenvalue weighted by Crippen LogP contribution is -2.70. The number of hydrogen-bond acceptors (Lipinski definition) is 10. The van der Waals surface area contributed by atoms with Crippen LogP contribution < -0.4 is 0 Å². The summed E-state index contributed by atoms with van der Waals surface area (Å²) in [4.78, 5) is 24.9. The molecule has 0 aromatic rings. The second kappa shape index (κ2) is 12.4. The Morgan fingerprint density at radius 3 is 2.60 bits per heavy atom. The summed E-state index contributed by atoms with van der Waals surface area (Å²) in [6.45, 7) is 10.5. The molecule has 6 rings (SSSR count). The SMILES string of the molecule is C[C@H](CCCCCOC(=O)C[C@H]1O[C@@H]2O[C@]3(C)CC[C@H]4[C@H](C)CCC([C@H]1C)[C@@]24OO3)O[C@@H]1O[C@@H](C)[C@H](O)C[C@H]1O. The van der Waals surface area contributed by atoms with E-state index in [9.17, 15) is 15.0 Å². The highest BCUT2D eigenvalue weighted by atomic mass is 17.3. The number of ether oxygens (including phenoxy) is 5. The Bertz CT molecular complexity index is 871. The molecule has 0 aromatic heterocycles. The summed E-state index contributed by atoms with van der Waals surface area (Å²) in [5.74, 6) is 0.0602. The first kappa shape index (κ1) is 30.6. The zero-order valence-corrected chi connectivity index (χ0v) is 24.8. The molecule has 1 aliphatic carbocycles. The molecule has 6 fully saturated rings. The number of rotatable bonds is 10. The Balaban J connectivity index is 1.03. The normalized spacial score (nSPS) is 47.3. The molecule has 0 radical (unpaired) electrons. The molecule has 5 heterocycles. The molecule has 5 aliphatic heterocycles. The third-order valence-corrected chi connectivity index (χ3v) is 10.2. The van der Waals surface area contributed by atoms with Gasteiger partial charge in [0.05, 0.1) is 37.4 Å². The first-order valence-corrected chi connectivity index (χ1v) is 15.5. The van der Waals surface area contributed by atoms with E-state index in [2.05, 4.69) is 13.8 Å². The van der Waals surface area contributed by atoms with Crippen LogP contribution in [0.3, 0.4) is 0 Å². The summed E-state index contributed by atoms with van der Waals surface area (Å²) in [7, 11) is 0. The van der Waals surface area contributed by atoms with Gasteiger partial charge in [-0.2, -0.15) is 0 Å². The average Bonchev–Trinajstić information content (AvgIpc) is 3.13. The molecule has 0 aromatic carbocycles. The van der Waals surface area contributed by atoms with Gasteiger partial charge in [-0.15, -0.1) is 0 Å². The van der Waals surface area contributed by atoms with Crippen LogP contribution in [0.4, 0.5) is 0 Å². The number of aliphatic hydroxyl groups is 2. The van der Waals surface area contributed by atoms with E-state index in [1.165, 1.54) is 0 Å². The van der Waals surface area contributed by atoms with Crippen molar-refractivity contribution >= 4 is 5.97 Å². The van der Waals surface area contributed by atoms with Crippen LogP contribution in [0, 0.1) is 23.7 Å². The summed E-state index contributed by atoms with van der Waals surface area (Å²) >= 11 is 0. The van der Waals surface area contributed by atoms with Gasteiger partial charge in [-0.05, 0) is 77.0 Å². The van der Waals surface area contributed by atoms with Gasteiger partial charge >= 0.3 is 5.97 Å². The molecule has 6 aliphatic rings. The maximum absolute atomic E-state index is 12.8. The van der Waals surface area contributed by atoms with Crippen LogP contribution in [-0.2, 0) is 38.3 Å². The van der Waals surface area contributed by atoms with E-state index in [1.807, 2.05) is 13.8 Å². The summed E-state index contributed by atoms with van der Waals surface area (Å²) in [6, 6.07) is 0. The van der Waals surface area contributed by atoms with Crippen LogP contribution in [0.1, 0.15) is 98.8 Å². The molecule has 10 nitrogen and oxygen atoms in total. The number of carbonyl (C=O) groups is 1. The zero-order valence-electron chi connectivity index (χ0n) is 24.8. The highest BCUT2D eigenvalue weighted by Gasteiger charge is 2.69. The fourth-order valence-electron chi connectivity index (χ4n) is 7.69. The van der Waals surface area contributed by atoms with E-state index in [4.69, 9.17) is 33.5 Å². The first-order chi connectivity index (χ1) is 19.0. The van der Waals surface area contributed by atoms with Crippen LogP contribution >= 0.6 is 0 Å². The van der Waals surface area contributed by atoms with E-state index < -0.39 is 36.2 Å². The third kappa shape index (κ3) is 6.11. The van der Waals surface area contributed by atoms with Gasteiger partial charge in [0, 0.05) is 18.8 Å². The predicted molar refractivity (Wildman–Crippen MR) is 142 cm³/mol. The molecule has 230 valence electrons. The van der Waals surface area contributed by atoms with Crippen molar-refractivity contribution in [3.05, 3.63) is 0 Å². The first-order valence-electron chi connectivity index (χ1n) is 15.5. The largest absolute Gasteiger partial charge is 0.466 e. The van der Waals surface area contributed by atoms with E-state index in [0.717, 1.165) is 51.4 Å². The molecule has 1 spiro atoms. The molecule has 0 amide bonds. The molecular weight excluding hydrogens is 520 g/mol. The van der Waals surface area contributed by atoms with Crippen molar-refractivity contribution in [1.29, 1.82) is 0 Å². The summed E-state index contributed by atoms with van der Waals surface area (Å²) in [5, 5.41) is 19.9. The molecule has 1 unspecified atom stereocenters. The number of fused-ring (bicyclic) bond motifs is 2. The van der Waals surface area contributed by atoms with Gasteiger partial charge in [0.15, 0.2) is 18.2 Å². The lowest BCUT2D eigenvalue weighted by molar-refractivity contribution is -0.571. The minimum Gasteiger partial charge on any atom is -0.466 e. The molecule has 1 saturated carbocycles. The Labute approximate surface area is 238 Å². The molecule has 2 N–H and O–H groups in total. The zero-order chi connectivity index (χ0) is 28.7. The fraction of sp³-hybridized carbons (Fsp3) is 0.967. The summed E-state index contributed by atoms with van der Waals surface area (Å²) in [5.41, 5.74) is -0.616. The number of aliphatic hydroxyl groups excluding tert-OH is 2. The van der Waals surface area contributed by atoms with Crippen molar-refractivity contribution < 1.29 is 48.5 Å². The highest BCUT2D eigenvalue weighted by Crippen LogP contribution is 2.60. The second-order valence-corrected chi connectivity index (χ2v) is 13.2. The topological polar surface area (TPSA) is 122 Å². The maximum atomic E-state index is 12.8. The van der Waals surface area contributed by atoms with Gasteiger partial charge in [0.2, 0.25) is 5.79 Å². The standard InChI is InChI=1S/C30H50O10/c1-17-10-11-22-19(3)25(37-28-30(22)21(17)12-13-29(5,38-28)39-40-30)16-26(33)34-14-8-6-7-9-18(2)35-27-24(32)15-23(31)20(4)36-27/h17-25,27-28,31-32H,6-16H2,1-5H3/t17-,18-,19-,20+,21+,22?,23-,24-,25-,27-,28-,29+,30-/m1/s1. The van der Waals surface area contributed by atoms with E-state index >= 15 is 0 Å². The van der Waals surface area contributed by atoms with Crippen molar-refractivity contribution in [1.82, 2.24) is 0 Å². The minimum absolute atomic E-state index is 0.0849. The molecule has 5 saturated heterocycles. The molecule has 40 heavy (non-hydrogen) atoms. The smallest absolute Gasteiger partial charge is 0.308 e. The fourth-order valence-corrected chi connectivity index (χ4v) is 7.69. The molecule has 2 bridgehead atoms. The van der Waals surface area contributed by atoms with E-state index in [0.29, 0.717) is 18.4 Å². The van der Waals surface area contributed by atoms with E-state index in [-0.39, 0.29) is 49.0 Å². The summed E-state index contributed by atoms with van der Waals surface area (Å²) < 4.78 is 29.9. The lowest BCUT2D eigenvalue weighted by Gasteiger charge is -2.60. The minimum atomic E-state index is -0.828. The van der Waals surface area contributed by atoms with Crippen molar-refractivity contribution in [3.63, 3.8) is 0 Å². The van der Waals surface area contributed by atoms with Gasteiger partial charge in [-0.25, -0.2) is 9.78 Å².